The van der Waals surface area contributed by atoms with Gasteiger partial charge in [0.25, 0.3) is 10.0 Å². The molecule has 0 atom stereocenters. The van der Waals surface area contributed by atoms with Crippen molar-refractivity contribution in [3.05, 3.63) is 71.7 Å². The molecule has 1 heterocycles. The molecule has 0 spiro atoms. The summed E-state index contributed by atoms with van der Waals surface area (Å²) in [7, 11) is -3.85. The van der Waals surface area contributed by atoms with Gasteiger partial charge < -0.3 is 0 Å². The number of nitrogens with one attached hydrogen (secondary N) is 1. The maximum Gasteiger partial charge on any atom is 0.263 e. The SMILES string of the molecule is CCc1ccc(S(=O)(=O)Nc2cc(C(C)(C)C)nn2-c2ccccc2F)cc1. The lowest BCUT2D eigenvalue weighted by molar-refractivity contribution is 0.555. The molecule has 1 aromatic heterocycles. The number of nitrogens with zero attached hydrogens (tertiary/aromatic N) is 2. The zero-order chi connectivity index (χ0) is 20.5. The molecule has 0 radical (unpaired) electrons. The highest BCUT2D eigenvalue weighted by atomic mass is 32.2. The van der Waals surface area contributed by atoms with E-state index in [-0.39, 0.29) is 21.8 Å². The lowest BCUT2D eigenvalue weighted by atomic mass is 9.92. The molecule has 0 aliphatic heterocycles. The van der Waals surface area contributed by atoms with Gasteiger partial charge in [-0.15, -0.1) is 0 Å². The van der Waals surface area contributed by atoms with E-state index in [1.54, 1.807) is 48.5 Å². The van der Waals surface area contributed by atoms with Crippen molar-refractivity contribution < 1.29 is 12.8 Å². The monoisotopic (exact) mass is 401 g/mol. The van der Waals surface area contributed by atoms with E-state index in [0.717, 1.165) is 12.0 Å². The van der Waals surface area contributed by atoms with Crippen LogP contribution in [0.15, 0.2) is 59.5 Å². The second kappa shape index (κ2) is 7.39. The first-order chi connectivity index (χ1) is 13.1. The molecular formula is C21H24FN3O2S. The van der Waals surface area contributed by atoms with E-state index in [2.05, 4.69) is 9.82 Å². The Morgan fingerprint density at radius 3 is 2.29 bits per heavy atom. The number of benzene rings is 2. The summed E-state index contributed by atoms with van der Waals surface area (Å²) in [6.45, 7) is 7.89. The lowest BCUT2D eigenvalue weighted by Gasteiger charge is -2.14. The fraction of sp³-hybridized carbons (Fsp3) is 0.286. The minimum absolute atomic E-state index is 0.142. The first-order valence-electron chi connectivity index (χ1n) is 9.09. The molecule has 0 fully saturated rings. The Balaban J connectivity index is 2.07. The molecule has 1 N–H and O–H groups in total. The highest BCUT2D eigenvalue weighted by molar-refractivity contribution is 7.92. The minimum atomic E-state index is -3.85. The molecule has 0 bridgehead atoms. The van der Waals surface area contributed by atoms with Crippen LogP contribution in [0.1, 0.15) is 39.0 Å². The van der Waals surface area contributed by atoms with E-state index in [1.807, 2.05) is 27.7 Å². The highest BCUT2D eigenvalue weighted by Crippen LogP contribution is 2.28. The van der Waals surface area contributed by atoms with Crippen LogP contribution in [0.2, 0.25) is 0 Å². The topological polar surface area (TPSA) is 64.0 Å². The number of anilines is 1. The molecule has 0 aliphatic carbocycles. The van der Waals surface area contributed by atoms with E-state index in [9.17, 15) is 12.8 Å². The number of sulfonamides is 1. The molecule has 7 heteroatoms. The largest absolute Gasteiger partial charge is 0.263 e. The van der Waals surface area contributed by atoms with Gasteiger partial charge in [-0.25, -0.2) is 17.5 Å². The van der Waals surface area contributed by atoms with Gasteiger partial charge in [0.15, 0.2) is 0 Å². The summed E-state index contributed by atoms with van der Waals surface area (Å²) in [5, 5.41) is 4.47. The lowest BCUT2D eigenvalue weighted by Crippen LogP contribution is -2.16. The van der Waals surface area contributed by atoms with Crippen molar-refractivity contribution in [1.29, 1.82) is 0 Å². The molecule has 2 aromatic carbocycles. The Bertz CT molecular complexity index is 1080. The van der Waals surface area contributed by atoms with Crippen LogP contribution in [0.3, 0.4) is 0 Å². The summed E-state index contributed by atoms with van der Waals surface area (Å²) in [6.07, 6.45) is 0.822. The van der Waals surface area contributed by atoms with Crippen LogP contribution in [0.4, 0.5) is 10.2 Å². The molecule has 3 aromatic rings. The normalized spacial score (nSPS) is 12.2. The third-order valence-electron chi connectivity index (χ3n) is 4.44. The molecule has 0 saturated carbocycles. The second-order valence-corrected chi connectivity index (χ2v) is 9.31. The third kappa shape index (κ3) is 4.09. The van der Waals surface area contributed by atoms with Crippen molar-refractivity contribution in [1.82, 2.24) is 9.78 Å². The Morgan fingerprint density at radius 2 is 1.71 bits per heavy atom. The number of aromatic nitrogens is 2. The molecule has 28 heavy (non-hydrogen) atoms. The van der Waals surface area contributed by atoms with Gasteiger partial charge in [-0.3, -0.25) is 4.72 Å². The standard InChI is InChI=1S/C21H24FN3O2S/c1-5-15-10-12-16(13-11-15)28(26,27)24-20-14-19(21(2,3)4)23-25(20)18-9-7-6-8-17(18)22/h6-14,24H,5H2,1-4H3. The van der Waals surface area contributed by atoms with E-state index in [0.29, 0.717) is 5.69 Å². The average molecular weight is 402 g/mol. The summed E-state index contributed by atoms with van der Waals surface area (Å²) in [5.41, 5.74) is 1.54. The van der Waals surface area contributed by atoms with Gasteiger partial charge >= 0.3 is 0 Å². The molecule has 0 aliphatic rings. The van der Waals surface area contributed by atoms with Crippen molar-refractivity contribution in [2.75, 3.05) is 4.72 Å². The van der Waals surface area contributed by atoms with E-state index in [4.69, 9.17) is 0 Å². The predicted octanol–water partition coefficient (Wildman–Crippen LogP) is 4.67. The quantitative estimate of drug-likeness (QED) is 0.676. The third-order valence-corrected chi connectivity index (χ3v) is 5.81. The molecule has 148 valence electrons. The molecule has 0 unspecified atom stereocenters. The van der Waals surface area contributed by atoms with Crippen LogP contribution in [-0.4, -0.2) is 18.2 Å². The second-order valence-electron chi connectivity index (χ2n) is 7.63. The number of aryl methyl sites for hydroxylation is 1. The van der Waals surface area contributed by atoms with E-state index >= 15 is 0 Å². The van der Waals surface area contributed by atoms with Gasteiger partial charge in [0.05, 0.1) is 10.6 Å². The Hall–Kier alpha value is -2.67. The number of halogens is 1. The van der Waals surface area contributed by atoms with Crippen molar-refractivity contribution in [3.63, 3.8) is 0 Å². The van der Waals surface area contributed by atoms with Crippen LogP contribution in [0, 0.1) is 5.82 Å². The van der Waals surface area contributed by atoms with Crippen LogP contribution in [0.25, 0.3) is 5.69 Å². The van der Waals surface area contributed by atoms with Crippen molar-refractivity contribution in [3.8, 4) is 5.69 Å². The molecular weight excluding hydrogens is 377 g/mol. The van der Waals surface area contributed by atoms with E-state index in [1.165, 1.54) is 10.7 Å². The average Bonchev–Trinajstić information content (AvgIpc) is 3.05. The van der Waals surface area contributed by atoms with Crippen LogP contribution in [0.5, 0.6) is 0 Å². The summed E-state index contributed by atoms with van der Waals surface area (Å²) in [5.74, 6) is -0.298. The number of hydrogen-bond donors (Lipinski definition) is 1. The molecule has 5 nitrogen and oxygen atoms in total. The maximum atomic E-state index is 14.4. The van der Waals surface area contributed by atoms with Crippen LogP contribution in [-0.2, 0) is 21.9 Å². The summed E-state index contributed by atoms with van der Waals surface area (Å²) in [4.78, 5) is 0.142. The van der Waals surface area contributed by atoms with Gasteiger partial charge in [0.2, 0.25) is 0 Å². The highest BCUT2D eigenvalue weighted by Gasteiger charge is 2.24. The Morgan fingerprint density at radius 1 is 1.07 bits per heavy atom. The van der Waals surface area contributed by atoms with Crippen molar-refractivity contribution in [2.24, 2.45) is 0 Å². The van der Waals surface area contributed by atoms with E-state index < -0.39 is 15.8 Å². The van der Waals surface area contributed by atoms with Gasteiger partial charge in [0, 0.05) is 11.5 Å². The summed E-state index contributed by atoms with van der Waals surface area (Å²) >= 11 is 0. The molecule has 3 rings (SSSR count). The molecule has 0 amide bonds. The maximum absolute atomic E-state index is 14.4. The van der Waals surface area contributed by atoms with Crippen molar-refractivity contribution in [2.45, 2.75) is 44.4 Å². The first kappa shape index (κ1) is 20.1. The Labute approximate surface area is 165 Å². The first-order valence-corrected chi connectivity index (χ1v) is 10.6. The fourth-order valence-electron chi connectivity index (χ4n) is 2.73. The summed E-state index contributed by atoms with van der Waals surface area (Å²) in [6, 6.07) is 14.5. The Kier molecular flexibility index (Phi) is 5.30. The van der Waals surface area contributed by atoms with Gasteiger partial charge in [-0.2, -0.15) is 5.10 Å². The summed E-state index contributed by atoms with van der Waals surface area (Å²) < 4.78 is 44.0. The predicted molar refractivity (Wildman–Crippen MR) is 109 cm³/mol. The fourth-order valence-corrected chi connectivity index (χ4v) is 3.76. The van der Waals surface area contributed by atoms with Gasteiger partial charge in [-0.1, -0.05) is 52.0 Å². The molecule has 0 saturated heterocycles. The van der Waals surface area contributed by atoms with Gasteiger partial charge in [0.1, 0.15) is 17.3 Å². The van der Waals surface area contributed by atoms with Gasteiger partial charge in [-0.05, 0) is 36.2 Å². The van der Waals surface area contributed by atoms with Crippen molar-refractivity contribution >= 4 is 15.8 Å². The zero-order valence-corrected chi connectivity index (χ0v) is 17.2. The number of rotatable bonds is 5. The van der Waals surface area contributed by atoms with Crippen LogP contribution < -0.4 is 4.72 Å². The zero-order valence-electron chi connectivity index (χ0n) is 16.4. The minimum Gasteiger partial charge on any atom is -0.263 e. The smallest absolute Gasteiger partial charge is 0.263 e. The number of para-hydroxylation sites is 1. The number of hydrogen-bond acceptors (Lipinski definition) is 3. The van der Waals surface area contributed by atoms with Crippen LogP contribution >= 0.6 is 0 Å².